The number of aromatic nitrogens is 18. The molecule has 20 rings (SSSR count). The van der Waals surface area contributed by atoms with Crippen molar-refractivity contribution in [2.75, 3.05) is 91.9 Å². The van der Waals surface area contributed by atoms with Crippen molar-refractivity contribution in [2.24, 2.45) is 21.1 Å². The second kappa shape index (κ2) is 40.9. The van der Waals surface area contributed by atoms with E-state index in [1.807, 2.05) is 132 Å². The lowest BCUT2D eigenvalue weighted by Gasteiger charge is -2.23. The third-order valence-corrected chi connectivity index (χ3v) is 23.9. The van der Waals surface area contributed by atoms with E-state index < -0.39 is 10.0 Å². The van der Waals surface area contributed by atoms with Crippen molar-refractivity contribution < 1.29 is 75.0 Å². The molecular weight excluding hydrogens is 1790 g/mol. The van der Waals surface area contributed by atoms with Gasteiger partial charge in [0.25, 0.3) is 17.7 Å². The molecule has 3 amide bonds. The maximum atomic E-state index is 12.3. The van der Waals surface area contributed by atoms with Crippen molar-refractivity contribution in [3.63, 3.8) is 0 Å². The largest absolute Gasteiger partial charge is 0.496 e. The number of nitrogens with one attached hydrogen (secondary N) is 11. The summed E-state index contributed by atoms with van der Waals surface area (Å²) in [6.07, 6.45) is 21.4. The van der Waals surface area contributed by atoms with Gasteiger partial charge in [0.2, 0.25) is 51.4 Å². The predicted octanol–water partition coefficient (Wildman–Crippen LogP) is 13.4. The van der Waals surface area contributed by atoms with Crippen LogP contribution in [0.1, 0.15) is 101 Å². The monoisotopic (exact) mass is 1890 g/mol. The number of methoxy groups -OCH3 is 4. The number of hydrogen-bond donors (Lipinski definition) is 12. The first-order valence-electron chi connectivity index (χ1n) is 44.4. The molecule has 1 saturated heterocycles. The number of ether oxygens (including phenoxy) is 9. The fourth-order valence-electron chi connectivity index (χ4n) is 15.4. The van der Waals surface area contributed by atoms with Crippen LogP contribution in [0.3, 0.4) is 0 Å². The Balaban J connectivity index is 0.000000128. The van der Waals surface area contributed by atoms with Crippen LogP contribution in [-0.4, -0.2) is 221 Å². The Labute approximate surface area is 790 Å². The highest BCUT2D eigenvalue weighted by molar-refractivity contribution is 7.89. The first-order chi connectivity index (χ1) is 66.8. The lowest BCUT2D eigenvalue weighted by molar-refractivity contribution is 0.0243. The van der Waals surface area contributed by atoms with Crippen LogP contribution in [0.2, 0.25) is 0 Å². The number of rotatable bonds is 31. The first-order valence-corrected chi connectivity index (χ1v) is 45.9. The minimum absolute atomic E-state index is 0.0394. The zero-order chi connectivity index (χ0) is 96.6. The highest BCUT2D eigenvalue weighted by Crippen LogP contribution is 2.44. The molecule has 17 aromatic rings. The maximum Gasteiger partial charge on any atom is 0.251 e. The Kier molecular flexibility index (Phi) is 27.8. The van der Waals surface area contributed by atoms with Crippen molar-refractivity contribution in [2.45, 2.75) is 95.0 Å². The number of carbonyl (C=O) groups is 3. The molecule has 2 saturated carbocycles. The number of aromatic amines is 4. The number of oxazole rings is 1. The molecule has 12 aromatic heterocycles. The summed E-state index contributed by atoms with van der Waals surface area (Å²) in [6.45, 7) is 7.02. The highest BCUT2D eigenvalue weighted by atomic mass is 32.2. The van der Waals surface area contributed by atoms with Gasteiger partial charge >= 0.3 is 0 Å². The van der Waals surface area contributed by atoms with Gasteiger partial charge in [-0.1, -0.05) is 12.1 Å². The zero-order valence-electron chi connectivity index (χ0n) is 77.8. The number of carbonyl (C=O) groups excluding carboxylic acids is 3. The molecule has 41 nitrogen and oxygen atoms in total. The molecule has 714 valence electrons. The standard InChI is InChI=1S/C28H29N5O6S.C24H26N6O4.C22H23N7O3.C22H25N7O3/c1-16-31-22-7-5-17(12-24(22)38-16)21-15-30-27-26(21)28(39-19-8-10-37-11-9-19)33-25(32-27)13-18-4-6-20(14-23(18)36-3)40(34,35)29-2;1-30-9-7-15(13-30)17-12-26-21-20(17)23(34-16-4-5-16)29-24(28-21)27-18-6-3-14(11-19(18)33-2)22(32)25-8-10-31;1-23-20(30)12-4-7-16(17(10-12)31-3)25-22-26-19-18(21(27-22)32-13-5-6-13)14(11-24-19)15-8-9-29(2)28-15;1-12(2)32-21-18-14(15-8-9-29(4)28-15)11-24-19(18)26-22(27-21)25-16-7-6-13(20(30)23-3)10-17(16)31-5/h4-7,12,14-15,19,29H,8-11,13H2,1-3H3,(H,30,32,33);3,6-7,9,11-13,16,31H,4-5,8,10H2,1-2H3,(H,25,32)(H2,26,27,28,29);4,7-11,13H,5-6H2,1-3H3,(H,23,30)(H2,24,25,26,27);6-12H,1-5H3,(H,23,30)(H2,24,25,26,27). The van der Waals surface area contributed by atoms with Crippen molar-refractivity contribution in [3.05, 3.63) is 193 Å². The number of aryl methyl sites for hydroxylation is 4. The molecule has 0 unspecified atom stereocenters. The lowest BCUT2D eigenvalue weighted by Crippen LogP contribution is -2.26. The number of benzene rings is 5. The van der Waals surface area contributed by atoms with E-state index >= 15 is 0 Å². The summed E-state index contributed by atoms with van der Waals surface area (Å²) in [5.41, 5.74) is 15.2. The number of fused-ring (bicyclic) bond motifs is 5. The molecule has 3 fully saturated rings. The molecular formula is C96H103N25O16S. The topological polar surface area (TPSA) is 506 Å². The summed E-state index contributed by atoms with van der Waals surface area (Å²) in [5.74, 6) is 5.27. The molecule has 2 aliphatic carbocycles. The number of aliphatic hydroxyl groups excluding tert-OH is 1. The second-order valence-electron chi connectivity index (χ2n) is 32.8. The van der Waals surface area contributed by atoms with E-state index in [0.29, 0.717) is 158 Å². The summed E-state index contributed by atoms with van der Waals surface area (Å²) < 4.78 is 90.4. The number of aliphatic hydroxyl groups is 1. The molecule has 0 spiro atoms. The number of anilines is 6. The normalized spacial score (nSPS) is 13.1. The third kappa shape index (κ3) is 21.1. The zero-order valence-corrected chi connectivity index (χ0v) is 78.7. The number of sulfonamides is 1. The van der Waals surface area contributed by atoms with E-state index in [1.54, 1.807) is 91.2 Å². The van der Waals surface area contributed by atoms with Crippen LogP contribution in [0.5, 0.6) is 46.5 Å². The molecule has 5 aromatic carbocycles. The van der Waals surface area contributed by atoms with Gasteiger partial charge in [-0.05, 0) is 143 Å². The van der Waals surface area contributed by atoms with E-state index in [2.05, 4.69) is 102 Å². The summed E-state index contributed by atoms with van der Waals surface area (Å²) in [4.78, 5) is 91.1. The fourth-order valence-corrected chi connectivity index (χ4v) is 16.1. The van der Waals surface area contributed by atoms with Gasteiger partial charge in [-0.2, -0.15) is 45.1 Å². The average Bonchev–Trinajstić information content (AvgIpc) is 1.57. The van der Waals surface area contributed by atoms with E-state index in [-0.39, 0.29) is 60.2 Å². The minimum atomic E-state index is -3.62. The first kappa shape index (κ1) is 93.6. The van der Waals surface area contributed by atoms with Crippen LogP contribution in [0, 0.1) is 6.92 Å². The van der Waals surface area contributed by atoms with Gasteiger partial charge in [-0.15, -0.1) is 0 Å². The minimum Gasteiger partial charge on any atom is -0.496 e. The number of amides is 3. The quantitative estimate of drug-likeness (QED) is 0.0192. The van der Waals surface area contributed by atoms with Crippen LogP contribution in [0.25, 0.3) is 100 Å². The molecule has 12 N–H and O–H groups in total. The van der Waals surface area contributed by atoms with Crippen LogP contribution in [0.15, 0.2) is 168 Å². The number of H-pyrrole nitrogens is 4. The van der Waals surface area contributed by atoms with E-state index in [0.717, 1.165) is 116 Å². The van der Waals surface area contributed by atoms with E-state index in [1.165, 1.54) is 40.5 Å². The summed E-state index contributed by atoms with van der Waals surface area (Å²) in [6, 6.07) is 31.8. The highest BCUT2D eigenvalue weighted by Gasteiger charge is 2.32. The Bertz CT molecular complexity index is 7270. The van der Waals surface area contributed by atoms with Gasteiger partial charge in [0.15, 0.2) is 11.5 Å². The fraction of sp³-hybridized carbons (Fsp3) is 0.292. The molecule has 3 aliphatic rings. The Hall–Kier alpha value is -16.2. The van der Waals surface area contributed by atoms with Gasteiger partial charge in [-0.25, -0.2) is 23.1 Å². The molecule has 13 heterocycles. The van der Waals surface area contributed by atoms with Gasteiger partial charge in [0.05, 0.1) is 109 Å². The van der Waals surface area contributed by atoms with Crippen LogP contribution < -0.4 is 74.5 Å². The van der Waals surface area contributed by atoms with E-state index in [4.69, 9.17) is 62.1 Å². The van der Waals surface area contributed by atoms with Crippen LogP contribution >= 0.6 is 0 Å². The number of hydrogen-bond acceptors (Lipinski definition) is 30. The summed E-state index contributed by atoms with van der Waals surface area (Å²) in [7, 11) is 12.8. The Morgan fingerprint density at radius 2 is 0.964 bits per heavy atom. The Morgan fingerprint density at radius 1 is 0.500 bits per heavy atom. The average molecular weight is 1900 g/mol. The summed E-state index contributed by atoms with van der Waals surface area (Å²) in [5, 5.41) is 38.4. The van der Waals surface area contributed by atoms with Crippen molar-refractivity contribution in [3.8, 4) is 91.3 Å². The molecule has 42 heteroatoms. The molecule has 1 aliphatic heterocycles. The smallest absolute Gasteiger partial charge is 0.251 e. The van der Waals surface area contributed by atoms with Gasteiger partial charge in [0, 0.05) is 174 Å². The molecule has 0 bridgehead atoms. The third-order valence-electron chi connectivity index (χ3n) is 22.5. The second-order valence-corrected chi connectivity index (χ2v) is 34.7. The summed E-state index contributed by atoms with van der Waals surface area (Å²) >= 11 is 0. The SMILES string of the molecule is CNC(=O)c1ccc(Nc2nc(OC(C)C)c3c(-c4ccn(C)n4)c[nH]c3n2)c(OC)c1.CNC(=O)c1ccc(Nc2nc(OC3CC3)c3c(-c4ccn(C)n4)c[nH]c3n2)c(OC)c1.CNS(=O)(=O)c1ccc(Cc2nc(OC3CCOCC3)c3c(-c4ccc5nc(C)oc5c4)c[nH]c3n2)c(OC)c1.COc1cc(C(=O)NCCO)ccc1Nc1nc(OC2CC2)c2c(-c3ccn(C)c3)c[nH]c2n1. The van der Waals surface area contributed by atoms with Crippen LogP contribution in [0.4, 0.5) is 34.9 Å². The molecule has 0 radical (unpaired) electrons. The van der Waals surface area contributed by atoms with Gasteiger partial charge < -0.3 is 109 Å². The lowest BCUT2D eigenvalue weighted by atomic mass is 10.1. The van der Waals surface area contributed by atoms with Crippen molar-refractivity contribution in [1.82, 2.24) is 110 Å². The Morgan fingerprint density at radius 3 is 1.42 bits per heavy atom. The van der Waals surface area contributed by atoms with Crippen molar-refractivity contribution >= 4 is 118 Å². The molecule has 138 heavy (non-hydrogen) atoms. The maximum absolute atomic E-state index is 12.3. The molecule has 0 atom stereocenters. The predicted molar refractivity (Wildman–Crippen MR) is 517 cm³/mol. The van der Waals surface area contributed by atoms with Gasteiger partial charge in [-0.3, -0.25) is 23.7 Å². The van der Waals surface area contributed by atoms with Gasteiger partial charge in [0.1, 0.15) is 75.2 Å². The van der Waals surface area contributed by atoms with Crippen LogP contribution in [-0.2, 0) is 42.3 Å². The van der Waals surface area contributed by atoms with E-state index in [9.17, 15) is 22.8 Å². The number of nitrogens with zero attached hydrogens (tertiary/aromatic N) is 14. The van der Waals surface area contributed by atoms with Crippen molar-refractivity contribution in [1.29, 1.82) is 0 Å².